The third kappa shape index (κ3) is 2.23. The normalized spacial score (nSPS) is 9.50. The fourth-order valence-electron chi connectivity index (χ4n) is 1.49. The summed E-state index contributed by atoms with van der Waals surface area (Å²) in [4.78, 5) is 0. The first kappa shape index (κ1) is 10.7. The van der Waals surface area contributed by atoms with Crippen molar-refractivity contribution in [2.24, 2.45) is 0 Å². The van der Waals surface area contributed by atoms with Gasteiger partial charge in [0.15, 0.2) is 16.3 Å². The zero-order valence-corrected chi connectivity index (χ0v) is 9.94. The molecule has 16 heavy (non-hydrogen) atoms. The molecule has 0 aliphatic heterocycles. The van der Waals surface area contributed by atoms with Gasteiger partial charge < -0.3 is 3.83 Å². The largest absolute Gasteiger partial charge is 0.418 e. The molecule has 0 unspecified atom stereocenters. The van der Waals surface area contributed by atoms with Crippen LogP contribution in [-0.2, 0) is 0 Å². The predicted molar refractivity (Wildman–Crippen MR) is 66.1 cm³/mol. The average molecular weight is 274 g/mol. The molecule has 2 rings (SSSR count). The van der Waals surface area contributed by atoms with E-state index < -0.39 is 0 Å². The monoisotopic (exact) mass is 273 g/mol. The van der Waals surface area contributed by atoms with Crippen molar-refractivity contribution in [2.75, 3.05) is 0 Å². The second-order valence-corrected chi connectivity index (χ2v) is 3.62. The highest BCUT2D eigenvalue weighted by atomic mass is 79.9. The van der Waals surface area contributed by atoms with E-state index >= 15 is 0 Å². The van der Waals surface area contributed by atoms with Crippen molar-refractivity contribution >= 4 is 16.3 Å². The molecule has 0 saturated heterocycles. The fraction of sp³-hybridized carbons (Fsp3) is 0. The molecule has 0 spiro atoms. The van der Waals surface area contributed by atoms with E-state index in [-0.39, 0.29) is 0 Å². The van der Waals surface area contributed by atoms with Crippen LogP contribution in [0, 0.1) is 11.3 Å². The van der Waals surface area contributed by atoms with Crippen LogP contribution in [0.3, 0.4) is 0 Å². The molecule has 78 valence electrons. The molecule has 0 fully saturated rings. The van der Waals surface area contributed by atoms with Crippen LogP contribution >= 0.6 is 16.3 Å². The van der Waals surface area contributed by atoms with E-state index in [9.17, 15) is 0 Å². The Labute approximate surface area is 103 Å². The van der Waals surface area contributed by atoms with Gasteiger partial charge in [-0.15, -0.1) is 0 Å². The number of nitriles is 1. The average Bonchev–Trinajstić information content (AvgIpc) is 2.39. The van der Waals surface area contributed by atoms with Gasteiger partial charge in [-0.05, 0) is 35.4 Å². The third-order valence-electron chi connectivity index (χ3n) is 2.25. The summed E-state index contributed by atoms with van der Waals surface area (Å²) >= 11 is 2.94. The quantitative estimate of drug-likeness (QED) is 0.831. The van der Waals surface area contributed by atoms with E-state index in [2.05, 4.69) is 22.3 Å². The van der Waals surface area contributed by atoms with Crippen molar-refractivity contribution in [1.82, 2.24) is 0 Å². The van der Waals surface area contributed by atoms with Crippen molar-refractivity contribution in [3.63, 3.8) is 0 Å². The zero-order chi connectivity index (χ0) is 11.4. The summed E-state index contributed by atoms with van der Waals surface area (Å²) in [6, 6.07) is 17.3. The predicted octanol–water partition coefficient (Wildman–Crippen LogP) is 3.91. The molecule has 2 aromatic carbocycles. The second-order valence-electron chi connectivity index (χ2n) is 3.30. The summed E-state index contributed by atoms with van der Waals surface area (Å²) in [6.45, 7) is 0. The molecule has 2 aromatic rings. The van der Waals surface area contributed by atoms with Gasteiger partial charge >= 0.3 is 0 Å². The molecule has 0 bridgehead atoms. The number of halogens is 1. The molecule has 0 amide bonds. The van der Waals surface area contributed by atoms with Crippen LogP contribution in [0.5, 0.6) is 5.75 Å². The summed E-state index contributed by atoms with van der Waals surface area (Å²) in [5.74, 6) is 0.736. The molecule has 0 N–H and O–H groups in total. The molecule has 0 radical (unpaired) electrons. The highest BCUT2D eigenvalue weighted by Gasteiger charge is 2.00. The van der Waals surface area contributed by atoms with Crippen LogP contribution in [-0.4, -0.2) is 0 Å². The summed E-state index contributed by atoms with van der Waals surface area (Å²) in [6.07, 6.45) is 0. The summed E-state index contributed by atoms with van der Waals surface area (Å²) < 4.78 is 4.98. The van der Waals surface area contributed by atoms with Gasteiger partial charge in [-0.3, -0.25) is 0 Å². The number of benzene rings is 2. The van der Waals surface area contributed by atoms with E-state index in [1.165, 1.54) is 0 Å². The smallest absolute Gasteiger partial charge is 0.179 e. The first-order chi connectivity index (χ1) is 7.83. The van der Waals surface area contributed by atoms with Crippen LogP contribution in [0.2, 0.25) is 0 Å². The molecule has 0 heterocycles. The first-order valence-electron chi connectivity index (χ1n) is 4.72. The summed E-state index contributed by atoms with van der Waals surface area (Å²) in [5, 5.41) is 8.83. The lowest BCUT2D eigenvalue weighted by Crippen LogP contribution is -1.81. The number of hydrogen-bond acceptors (Lipinski definition) is 2. The van der Waals surface area contributed by atoms with E-state index in [1.54, 1.807) is 6.07 Å². The third-order valence-corrected chi connectivity index (χ3v) is 2.62. The molecule has 2 nitrogen and oxygen atoms in total. The Morgan fingerprint density at radius 1 is 1.00 bits per heavy atom. The maximum absolute atomic E-state index is 8.83. The molecule has 0 aromatic heterocycles. The lowest BCUT2D eigenvalue weighted by molar-refractivity contribution is 0.679. The SMILES string of the molecule is N#Cc1cccc(-c2cccc(OBr)c2)c1. The Hall–Kier alpha value is -1.79. The van der Waals surface area contributed by atoms with Crippen LogP contribution in [0.25, 0.3) is 11.1 Å². The van der Waals surface area contributed by atoms with Crippen LogP contribution in [0.4, 0.5) is 0 Å². The van der Waals surface area contributed by atoms with Gasteiger partial charge in [0.25, 0.3) is 0 Å². The minimum Gasteiger partial charge on any atom is -0.418 e. The highest BCUT2D eigenvalue weighted by molar-refractivity contribution is 9.06. The molecule has 0 aliphatic carbocycles. The maximum atomic E-state index is 8.83. The van der Waals surface area contributed by atoms with E-state index in [0.717, 1.165) is 16.9 Å². The molecule has 3 heteroatoms. The number of rotatable bonds is 2. The Kier molecular flexibility index (Phi) is 3.23. The zero-order valence-electron chi connectivity index (χ0n) is 8.35. The van der Waals surface area contributed by atoms with Crippen LogP contribution in [0.1, 0.15) is 5.56 Å². The van der Waals surface area contributed by atoms with Gasteiger partial charge in [0.1, 0.15) is 5.75 Å². The van der Waals surface area contributed by atoms with Crippen molar-refractivity contribution in [3.05, 3.63) is 54.1 Å². The highest BCUT2D eigenvalue weighted by Crippen LogP contribution is 2.25. The molecule has 0 atom stereocenters. The maximum Gasteiger partial charge on any atom is 0.179 e. The molecular weight excluding hydrogens is 266 g/mol. The summed E-state index contributed by atoms with van der Waals surface area (Å²) in [7, 11) is 0. The van der Waals surface area contributed by atoms with Crippen LogP contribution < -0.4 is 3.83 Å². The van der Waals surface area contributed by atoms with Crippen molar-refractivity contribution in [3.8, 4) is 22.9 Å². The fourth-order valence-corrected chi connectivity index (χ4v) is 1.69. The van der Waals surface area contributed by atoms with Crippen molar-refractivity contribution in [1.29, 1.82) is 5.26 Å². The summed E-state index contributed by atoms with van der Waals surface area (Å²) in [5.41, 5.74) is 2.68. The van der Waals surface area contributed by atoms with Crippen LogP contribution in [0.15, 0.2) is 48.5 Å². The van der Waals surface area contributed by atoms with Crippen molar-refractivity contribution in [2.45, 2.75) is 0 Å². The minimum absolute atomic E-state index is 0.655. The number of nitrogens with zero attached hydrogens (tertiary/aromatic N) is 1. The van der Waals surface area contributed by atoms with Gasteiger partial charge in [-0.25, -0.2) is 0 Å². The lowest BCUT2D eigenvalue weighted by atomic mass is 10.0. The van der Waals surface area contributed by atoms with Gasteiger partial charge in [0.2, 0.25) is 0 Å². The Bertz CT molecular complexity index is 546. The van der Waals surface area contributed by atoms with Crippen molar-refractivity contribution < 1.29 is 3.83 Å². The number of hydrogen-bond donors (Lipinski definition) is 0. The molecular formula is C13H8BrNO. The Balaban J connectivity index is 2.46. The standard InChI is InChI=1S/C13H8BrNO/c14-16-13-6-2-5-12(8-13)11-4-1-3-10(7-11)9-15/h1-8H. The van der Waals surface area contributed by atoms with E-state index in [4.69, 9.17) is 9.09 Å². The lowest BCUT2D eigenvalue weighted by Gasteiger charge is -2.03. The van der Waals surface area contributed by atoms with Gasteiger partial charge in [0.05, 0.1) is 11.6 Å². The van der Waals surface area contributed by atoms with E-state index in [0.29, 0.717) is 5.56 Å². The van der Waals surface area contributed by atoms with Gasteiger partial charge in [-0.2, -0.15) is 5.26 Å². The van der Waals surface area contributed by atoms with Gasteiger partial charge in [0, 0.05) is 0 Å². The Morgan fingerprint density at radius 3 is 2.38 bits per heavy atom. The first-order valence-corrected chi connectivity index (χ1v) is 5.37. The Morgan fingerprint density at radius 2 is 1.69 bits per heavy atom. The van der Waals surface area contributed by atoms with Gasteiger partial charge in [-0.1, -0.05) is 24.3 Å². The topological polar surface area (TPSA) is 33.0 Å². The molecule has 0 aliphatic rings. The molecule has 0 saturated carbocycles. The van der Waals surface area contributed by atoms with E-state index in [1.807, 2.05) is 42.5 Å². The minimum atomic E-state index is 0.655. The second kappa shape index (κ2) is 4.82.